The van der Waals surface area contributed by atoms with Crippen LogP contribution in [0.15, 0.2) is 30.3 Å². The van der Waals surface area contributed by atoms with E-state index < -0.39 is 0 Å². The summed E-state index contributed by atoms with van der Waals surface area (Å²) in [4.78, 5) is 16.7. The van der Waals surface area contributed by atoms with Crippen molar-refractivity contribution in [2.75, 3.05) is 24.9 Å². The predicted octanol–water partition coefficient (Wildman–Crippen LogP) is 4.57. The number of rotatable bonds is 4. The molecule has 0 saturated carbocycles. The normalized spacial score (nSPS) is 10.6. The number of hydrogen-bond acceptors (Lipinski definition) is 5. The second kappa shape index (κ2) is 6.98. The highest BCUT2D eigenvalue weighted by atomic mass is 32.1. The molecule has 3 rings (SSSR count). The van der Waals surface area contributed by atoms with Crippen LogP contribution < -0.4 is 20.1 Å². The van der Waals surface area contributed by atoms with Crippen LogP contribution in [-0.2, 0) is 0 Å². The third-order valence-electron chi connectivity index (χ3n) is 3.90. The number of aryl methyl sites for hydroxylation is 2. The number of fused-ring (bicyclic) bond motifs is 1. The van der Waals surface area contributed by atoms with Crippen LogP contribution >= 0.6 is 11.3 Å². The summed E-state index contributed by atoms with van der Waals surface area (Å²) >= 11 is 1.33. The molecule has 0 unspecified atom stereocenters. The number of thiazole rings is 1. The number of nitrogens with zero attached hydrogens (tertiary/aromatic N) is 1. The molecule has 0 saturated heterocycles. The second-order valence-electron chi connectivity index (χ2n) is 5.54. The second-order valence-corrected chi connectivity index (χ2v) is 6.54. The third kappa shape index (κ3) is 3.51. The van der Waals surface area contributed by atoms with E-state index in [0.717, 1.165) is 16.0 Å². The zero-order chi connectivity index (χ0) is 18.0. The quantitative estimate of drug-likeness (QED) is 0.717. The molecule has 0 fully saturated rings. The van der Waals surface area contributed by atoms with Gasteiger partial charge in [-0.25, -0.2) is 9.78 Å². The van der Waals surface area contributed by atoms with E-state index in [-0.39, 0.29) is 6.03 Å². The molecule has 25 heavy (non-hydrogen) atoms. The number of amides is 2. The van der Waals surface area contributed by atoms with Crippen molar-refractivity contribution in [3.8, 4) is 11.5 Å². The molecule has 3 aromatic rings. The van der Waals surface area contributed by atoms with Gasteiger partial charge in [-0.15, -0.1) is 0 Å². The molecule has 2 N–H and O–H groups in total. The summed E-state index contributed by atoms with van der Waals surface area (Å²) in [5, 5.41) is 6.05. The Hall–Kier alpha value is -2.80. The first-order valence-electron chi connectivity index (χ1n) is 7.68. The fourth-order valence-electron chi connectivity index (χ4n) is 2.42. The van der Waals surface area contributed by atoms with Crippen molar-refractivity contribution in [3.05, 3.63) is 41.5 Å². The van der Waals surface area contributed by atoms with Gasteiger partial charge in [-0.05, 0) is 49.2 Å². The van der Waals surface area contributed by atoms with Crippen LogP contribution in [0.4, 0.5) is 15.6 Å². The summed E-state index contributed by atoms with van der Waals surface area (Å²) in [7, 11) is 3.18. The van der Waals surface area contributed by atoms with Gasteiger partial charge in [0.05, 0.1) is 14.2 Å². The first kappa shape index (κ1) is 17.0. The van der Waals surface area contributed by atoms with Gasteiger partial charge in [0.15, 0.2) is 5.13 Å². The van der Waals surface area contributed by atoms with Crippen LogP contribution in [0.25, 0.3) is 10.2 Å². The Balaban J connectivity index is 1.82. The lowest BCUT2D eigenvalue weighted by molar-refractivity contribution is 0.262. The van der Waals surface area contributed by atoms with Crippen molar-refractivity contribution in [1.82, 2.24) is 4.98 Å². The highest BCUT2D eigenvalue weighted by Gasteiger charge is 2.15. The fraction of sp³-hybridized carbons (Fsp3) is 0.222. The molecule has 0 atom stereocenters. The van der Waals surface area contributed by atoms with E-state index in [1.54, 1.807) is 20.3 Å². The summed E-state index contributed by atoms with van der Waals surface area (Å²) in [5.74, 6) is 1.32. The molecule has 7 heteroatoms. The van der Waals surface area contributed by atoms with E-state index >= 15 is 0 Å². The topological polar surface area (TPSA) is 72.5 Å². The van der Waals surface area contributed by atoms with E-state index in [0.29, 0.717) is 22.1 Å². The number of methoxy groups -OCH3 is 2. The number of hydrogen-bond donors (Lipinski definition) is 2. The maximum Gasteiger partial charge on any atom is 0.325 e. The van der Waals surface area contributed by atoms with Gasteiger partial charge in [-0.1, -0.05) is 17.4 Å². The van der Waals surface area contributed by atoms with Crippen LogP contribution in [0.1, 0.15) is 11.1 Å². The average Bonchev–Trinajstić information content (AvgIpc) is 3.00. The van der Waals surface area contributed by atoms with E-state index in [1.165, 1.54) is 16.9 Å². The number of carbonyl (C=O) groups is 1. The molecular weight excluding hydrogens is 338 g/mol. The molecule has 0 radical (unpaired) electrons. The standard InChI is InChI=1S/C18H19N3O3S/c1-10-5-6-12(9-11(10)2)19-17(22)21-18-20-15-13(23-3)7-8-14(24-4)16(15)25-18/h5-9H,1-4H3,(H2,19,20,21,22). The lowest BCUT2D eigenvalue weighted by Crippen LogP contribution is -2.19. The van der Waals surface area contributed by atoms with Gasteiger partial charge in [0.2, 0.25) is 0 Å². The van der Waals surface area contributed by atoms with Crippen LogP contribution in [0.5, 0.6) is 11.5 Å². The molecule has 1 aromatic heterocycles. The van der Waals surface area contributed by atoms with Crippen LogP contribution in [0.2, 0.25) is 0 Å². The minimum absolute atomic E-state index is 0.347. The third-order valence-corrected chi connectivity index (χ3v) is 4.88. The van der Waals surface area contributed by atoms with Gasteiger partial charge in [0, 0.05) is 5.69 Å². The first-order valence-corrected chi connectivity index (χ1v) is 8.50. The molecule has 0 aliphatic heterocycles. The molecule has 2 aromatic carbocycles. The minimum atomic E-state index is -0.347. The van der Waals surface area contributed by atoms with E-state index in [1.807, 2.05) is 38.1 Å². The van der Waals surface area contributed by atoms with Gasteiger partial charge >= 0.3 is 6.03 Å². The Morgan fingerprint density at radius 1 is 1.00 bits per heavy atom. The number of aromatic nitrogens is 1. The summed E-state index contributed by atoms with van der Waals surface area (Å²) in [6.45, 7) is 4.03. The lowest BCUT2D eigenvalue weighted by Gasteiger charge is -2.07. The number of ether oxygens (including phenoxy) is 2. The Bertz CT molecular complexity index is 896. The summed E-state index contributed by atoms with van der Waals surface area (Å²) in [6.07, 6.45) is 0. The zero-order valence-electron chi connectivity index (χ0n) is 14.5. The van der Waals surface area contributed by atoms with Crippen LogP contribution in [0, 0.1) is 13.8 Å². The highest BCUT2D eigenvalue weighted by molar-refractivity contribution is 7.22. The van der Waals surface area contributed by atoms with Gasteiger partial charge in [-0.2, -0.15) is 0 Å². The first-order chi connectivity index (χ1) is 12.0. The van der Waals surface area contributed by atoms with E-state index in [4.69, 9.17) is 9.47 Å². The van der Waals surface area contributed by atoms with Crippen LogP contribution in [0.3, 0.4) is 0 Å². The molecule has 0 spiro atoms. The Morgan fingerprint density at radius 2 is 1.72 bits per heavy atom. The molecular formula is C18H19N3O3S. The smallest absolute Gasteiger partial charge is 0.325 e. The van der Waals surface area contributed by atoms with Crippen molar-refractivity contribution in [3.63, 3.8) is 0 Å². The van der Waals surface area contributed by atoms with Crippen LogP contribution in [-0.4, -0.2) is 25.2 Å². The number of carbonyl (C=O) groups excluding carboxylic acids is 1. The van der Waals surface area contributed by atoms with Crippen molar-refractivity contribution in [1.29, 1.82) is 0 Å². The van der Waals surface area contributed by atoms with Crippen molar-refractivity contribution in [2.24, 2.45) is 0 Å². The molecule has 6 nitrogen and oxygen atoms in total. The SMILES string of the molecule is COc1ccc(OC)c2sc(NC(=O)Nc3ccc(C)c(C)c3)nc12. The number of benzene rings is 2. The lowest BCUT2D eigenvalue weighted by atomic mass is 10.1. The summed E-state index contributed by atoms with van der Waals surface area (Å²) in [5.41, 5.74) is 3.69. The number of urea groups is 1. The maximum atomic E-state index is 12.2. The highest BCUT2D eigenvalue weighted by Crippen LogP contribution is 2.38. The molecule has 1 heterocycles. The maximum absolute atomic E-state index is 12.2. The molecule has 0 aliphatic rings. The predicted molar refractivity (Wildman–Crippen MR) is 101 cm³/mol. The summed E-state index contributed by atoms with van der Waals surface area (Å²) < 4.78 is 11.5. The van der Waals surface area contributed by atoms with Crippen molar-refractivity contribution < 1.29 is 14.3 Å². The van der Waals surface area contributed by atoms with Gasteiger partial charge in [0.25, 0.3) is 0 Å². The molecule has 130 valence electrons. The van der Waals surface area contributed by atoms with E-state index in [9.17, 15) is 4.79 Å². The summed E-state index contributed by atoms with van der Waals surface area (Å²) in [6, 6.07) is 9.03. The number of anilines is 2. The molecule has 0 aliphatic carbocycles. The van der Waals surface area contributed by atoms with Gasteiger partial charge in [-0.3, -0.25) is 5.32 Å². The van der Waals surface area contributed by atoms with E-state index in [2.05, 4.69) is 15.6 Å². The monoisotopic (exact) mass is 357 g/mol. The van der Waals surface area contributed by atoms with Gasteiger partial charge < -0.3 is 14.8 Å². The largest absolute Gasteiger partial charge is 0.495 e. The zero-order valence-corrected chi connectivity index (χ0v) is 15.3. The molecule has 0 bridgehead atoms. The minimum Gasteiger partial charge on any atom is -0.495 e. The Kier molecular flexibility index (Phi) is 4.76. The van der Waals surface area contributed by atoms with Crippen molar-refractivity contribution in [2.45, 2.75) is 13.8 Å². The Labute approximate surface area is 149 Å². The van der Waals surface area contributed by atoms with Gasteiger partial charge in [0.1, 0.15) is 21.7 Å². The average molecular weight is 357 g/mol. The van der Waals surface area contributed by atoms with Crippen molar-refractivity contribution >= 4 is 38.4 Å². The fourth-order valence-corrected chi connectivity index (χ4v) is 3.39. The number of nitrogens with one attached hydrogen (secondary N) is 2. The molecule has 2 amide bonds. The Morgan fingerprint density at radius 3 is 2.40 bits per heavy atom.